The number of carbonyl (C=O) groups is 1. The van der Waals surface area contributed by atoms with Crippen molar-refractivity contribution in [1.82, 2.24) is 0 Å². The van der Waals surface area contributed by atoms with Crippen molar-refractivity contribution in [2.24, 2.45) is 5.73 Å². The van der Waals surface area contributed by atoms with Crippen LogP contribution in [0.1, 0.15) is 33.0 Å². The van der Waals surface area contributed by atoms with Crippen molar-refractivity contribution in [2.45, 2.75) is 20.8 Å². The topological polar surface area (TPSA) is 68.3 Å². The summed E-state index contributed by atoms with van der Waals surface area (Å²) < 4.78 is 18.7. The number of anilines is 1. The van der Waals surface area contributed by atoms with Gasteiger partial charge in [0.1, 0.15) is 22.3 Å². The zero-order chi connectivity index (χ0) is 15.7. The number of nitrogens with one attached hydrogen (secondary N) is 1. The lowest BCUT2D eigenvalue weighted by atomic mass is 10.1. The quantitative estimate of drug-likeness (QED) is 0.854. The number of hydrogen-bond donors (Lipinski definition) is 2. The summed E-state index contributed by atoms with van der Waals surface area (Å²) >= 11 is 4.88. The molecule has 2 aromatic rings. The Hall–Kier alpha value is -2.21. The number of rotatable bonds is 3. The second kappa shape index (κ2) is 5.65. The molecule has 0 bridgehead atoms. The lowest BCUT2D eigenvalue weighted by Crippen LogP contribution is -2.18. The van der Waals surface area contributed by atoms with Gasteiger partial charge in [-0.15, -0.1) is 0 Å². The molecule has 0 atom stereocenters. The van der Waals surface area contributed by atoms with E-state index in [4.69, 9.17) is 22.4 Å². The lowest BCUT2D eigenvalue weighted by molar-refractivity contribution is 0.102. The van der Waals surface area contributed by atoms with Crippen LogP contribution in [0.3, 0.4) is 0 Å². The third-order valence-corrected chi connectivity index (χ3v) is 3.50. The highest BCUT2D eigenvalue weighted by molar-refractivity contribution is 7.80. The molecule has 4 nitrogen and oxygen atoms in total. The minimum absolute atomic E-state index is 0.0154. The van der Waals surface area contributed by atoms with Crippen molar-refractivity contribution in [2.75, 3.05) is 5.32 Å². The van der Waals surface area contributed by atoms with E-state index in [9.17, 15) is 9.18 Å². The standard InChI is InChI=1S/C15H15FN2O2S/c1-7-8(2)20-9(3)13(7)15(19)18-12-5-4-10(16)6-11(12)14(17)21/h4-6H,1-3H3,(H2,17,21)(H,18,19). The van der Waals surface area contributed by atoms with Crippen LogP contribution < -0.4 is 11.1 Å². The summed E-state index contributed by atoms with van der Waals surface area (Å²) in [5, 5.41) is 2.70. The van der Waals surface area contributed by atoms with Gasteiger partial charge in [0.15, 0.2) is 0 Å². The monoisotopic (exact) mass is 306 g/mol. The largest absolute Gasteiger partial charge is 0.466 e. The summed E-state index contributed by atoms with van der Waals surface area (Å²) in [5.41, 5.74) is 7.44. The van der Waals surface area contributed by atoms with E-state index in [1.54, 1.807) is 20.8 Å². The first-order valence-corrected chi connectivity index (χ1v) is 6.69. The van der Waals surface area contributed by atoms with Crippen LogP contribution in [0.15, 0.2) is 22.6 Å². The lowest BCUT2D eigenvalue weighted by Gasteiger charge is -2.10. The average Bonchev–Trinajstić information content (AvgIpc) is 2.65. The molecule has 1 heterocycles. The van der Waals surface area contributed by atoms with Crippen LogP contribution in [0.4, 0.5) is 10.1 Å². The van der Waals surface area contributed by atoms with Crippen molar-refractivity contribution in [1.29, 1.82) is 0 Å². The van der Waals surface area contributed by atoms with Gasteiger partial charge in [-0.25, -0.2) is 4.39 Å². The number of halogens is 1. The molecule has 0 aliphatic heterocycles. The predicted molar refractivity (Wildman–Crippen MR) is 83.2 cm³/mol. The number of benzene rings is 1. The maximum atomic E-state index is 13.3. The molecule has 0 radical (unpaired) electrons. The van der Waals surface area contributed by atoms with Crippen LogP contribution in [0, 0.1) is 26.6 Å². The molecule has 1 amide bonds. The molecule has 1 aromatic heterocycles. The molecule has 0 saturated heterocycles. The molecule has 6 heteroatoms. The normalized spacial score (nSPS) is 10.5. The SMILES string of the molecule is Cc1oc(C)c(C(=O)Nc2ccc(F)cc2C(N)=S)c1C. The smallest absolute Gasteiger partial charge is 0.259 e. The van der Waals surface area contributed by atoms with Gasteiger partial charge in [0, 0.05) is 11.1 Å². The highest BCUT2D eigenvalue weighted by atomic mass is 32.1. The molecule has 2 rings (SSSR count). The number of carbonyl (C=O) groups excluding carboxylic acids is 1. The van der Waals surface area contributed by atoms with Crippen LogP contribution >= 0.6 is 12.2 Å². The number of amides is 1. The fourth-order valence-corrected chi connectivity index (χ4v) is 2.31. The zero-order valence-corrected chi connectivity index (χ0v) is 12.7. The first-order chi connectivity index (χ1) is 9.81. The molecule has 110 valence electrons. The highest BCUT2D eigenvalue weighted by Gasteiger charge is 2.20. The summed E-state index contributed by atoms with van der Waals surface area (Å²) in [4.78, 5) is 12.4. The minimum atomic E-state index is -0.470. The van der Waals surface area contributed by atoms with Crippen molar-refractivity contribution in [3.05, 3.63) is 52.2 Å². The third kappa shape index (κ3) is 2.95. The third-order valence-electron chi connectivity index (χ3n) is 3.28. The van der Waals surface area contributed by atoms with Gasteiger partial charge in [-0.05, 0) is 39.0 Å². The van der Waals surface area contributed by atoms with Gasteiger partial charge >= 0.3 is 0 Å². The van der Waals surface area contributed by atoms with Crippen LogP contribution in [0.5, 0.6) is 0 Å². The Morgan fingerprint density at radius 3 is 2.48 bits per heavy atom. The molecule has 0 unspecified atom stereocenters. The Morgan fingerprint density at radius 2 is 1.95 bits per heavy atom. The van der Waals surface area contributed by atoms with Gasteiger partial charge in [0.05, 0.1) is 11.3 Å². The Morgan fingerprint density at radius 1 is 1.29 bits per heavy atom. The van der Waals surface area contributed by atoms with E-state index in [0.717, 1.165) is 5.56 Å². The van der Waals surface area contributed by atoms with Gasteiger partial charge in [-0.1, -0.05) is 12.2 Å². The Balaban J connectivity index is 2.38. The predicted octanol–water partition coefficient (Wildman–Crippen LogP) is 3.23. The Bertz CT molecular complexity index is 738. The minimum Gasteiger partial charge on any atom is -0.466 e. The first kappa shape index (κ1) is 15.2. The van der Waals surface area contributed by atoms with E-state index >= 15 is 0 Å². The molecule has 0 fully saturated rings. The van der Waals surface area contributed by atoms with Crippen molar-refractivity contribution in [3.8, 4) is 0 Å². The van der Waals surface area contributed by atoms with Crippen molar-refractivity contribution in [3.63, 3.8) is 0 Å². The van der Waals surface area contributed by atoms with E-state index in [0.29, 0.717) is 22.8 Å². The van der Waals surface area contributed by atoms with E-state index in [1.165, 1.54) is 18.2 Å². The summed E-state index contributed by atoms with van der Waals surface area (Å²) in [7, 11) is 0. The van der Waals surface area contributed by atoms with Gasteiger partial charge < -0.3 is 15.5 Å². The van der Waals surface area contributed by atoms with E-state index in [2.05, 4.69) is 5.32 Å². The fraction of sp³-hybridized carbons (Fsp3) is 0.200. The van der Waals surface area contributed by atoms with E-state index < -0.39 is 5.82 Å². The van der Waals surface area contributed by atoms with Crippen molar-refractivity contribution < 1.29 is 13.6 Å². The van der Waals surface area contributed by atoms with Gasteiger partial charge in [-0.2, -0.15) is 0 Å². The van der Waals surface area contributed by atoms with Crippen LogP contribution in [0.2, 0.25) is 0 Å². The molecule has 0 spiro atoms. The first-order valence-electron chi connectivity index (χ1n) is 6.28. The zero-order valence-electron chi connectivity index (χ0n) is 11.9. The van der Waals surface area contributed by atoms with Crippen LogP contribution in [0.25, 0.3) is 0 Å². The summed E-state index contributed by atoms with van der Waals surface area (Å²) in [5.74, 6) is 0.404. The van der Waals surface area contributed by atoms with Gasteiger partial charge in [0.25, 0.3) is 5.91 Å². The maximum absolute atomic E-state index is 13.3. The molecule has 0 saturated carbocycles. The molecule has 1 aromatic carbocycles. The average molecular weight is 306 g/mol. The highest BCUT2D eigenvalue weighted by Crippen LogP contribution is 2.23. The van der Waals surface area contributed by atoms with Gasteiger partial charge in [-0.3, -0.25) is 4.79 Å². The van der Waals surface area contributed by atoms with Crippen molar-refractivity contribution >= 4 is 28.8 Å². The molecular formula is C15H15FN2O2S. The number of furan rings is 1. The van der Waals surface area contributed by atoms with E-state index in [1.807, 2.05) is 0 Å². The summed E-state index contributed by atoms with van der Waals surface area (Å²) in [6.07, 6.45) is 0. The Labute approximate surface area is 127 Å². The molecule has 3 N–H and O–H groups in total. The molecular weight excluding hydrogens is 291 g/mol. The second-order valence-corrected chi connectivity index (χ2v) is 5.16. The van der Waals surface area contributed by atoms with Crippen LogP contribution in [-0.4, -0.2) is 10.9 Å². The van der Waals surface area contributed by atoms with E-state index in [-0.39, 0.29) is 16.5 Å². The number of aryl methyl sites for hydroxylation is 2. The number of nitrogens with two attached hydrogens (primary N) is 1. The summed E-state index contributed by atoms with van der Waals surface area (Å²) in [6.45, 7) is 5.31. The van der Waals surface area contributed by atoms with Gasteiger partial charge in [0.2, 0.25) is 0 Å². The fourth-order valence-electron chi connectivity index (χ4n) is 2.14. The molecule has 0 aliphatic rings. The molecule has 0 aliphatic carbocycles. The van der Waals surface area contributed by atoms with Crippen LogP contribution in [-0.2, 0) is 0 Å². The number of thiocarbonyl (C=S) groups is 1. The maximum Gasteiger partial charge on any atom is 0.259 e. The molecule has 21 heavy (non-hydrogen) atoms. The number of hydrogen-bond acceptors (Lipinski definition) is 3. The summed E-state index contributed by atoms with van der Waals surface area (Å²) in [6, 6.07) is 3.86. The Kier molecular flexibility index (Phi) is 4.09. The second-order valence-electron chi connectivity index (χ2n) is 4.72.